The third kappa shape index (κ3) is 4.59. The van der Waals surface area contributed by atoms with Gasteiger partial charge >= 0.3 is 0 Å². The lowest BCUT2D eigenvalue weighted by atomic mass is 9.99. The molecule has 0 aromatic heterocycles. The minimum absolute atomic E-state index is 1.15. The number of benzene rings is 1. The van der Waals surface area contributed by atoms with Gasteiger partial charge in [0.25, 0.3) is 0 Å². The van der Waals surface area contributed by atoms with E-state index in [4.69, 9.17) is 0 Å². The highest BCUT2D eigenvalue weighted by molar-refractivity contribution is 5.75. The Morgan fingerprint density at radius 3 is 2.32 bits per heavy atom. The quantitative estimate of drug-likeness (QED) is 0.586. The van der Waals surface area contributed by atoms with Gasteiger partial charge in [-0.25, -0.2) is 0 Å². The third-order valence-corrected chi connectivity index (χ3v) is 2.93. The van der Waals surface area contributed by atoms with Gasteiger partial charge in [0, 0.05) is 0 Å². The molecule has 0 aliphatic rings. The van der Waals surface area contributed by atoms with Crippen molar-refractivity contribution in [1.82, 2.24) is 0 Å². The lowest BCUT2D eigenvalue weighted by molar-refractivity contribution is 1.42. The largest absolute Gasteiger partial charge is 0.0985 e. The van der Waals surface area contributed by atoms with E-state index in [0.29, 0.717) is 0 Å². The summed E-state index contributed by atoms with van der Waals surface area (Å²) in [6.45, 7) is 10.1. The van der Waals surface area contributed by atoms with Crippen molar-refractivity contribution in [2.24, 2.45) is 0 Å². The molecule has 0 aliphatic heterocycles. The molecule has 1 rings (SSSR count). The van der Waals surface area contributed by atoms with Crippen molar-refractivity contribution in [1.29, 1.82) is 0 Å². The molecule has 0 heterocycles. The fraction of sp³-hybridized carbons (Fsp3) is 0.158. The number of allylic oxidation sites excluding steroid dienone is 9. The first-order chi connectivity index (χ1) is 9.22. The third-order valence-electron chi connectivity index (χ3n) is 2.93. The summed E-state index contributed by atoms with van der Waals surface area (Å²) in [6, 6.07) is 10.4. The Morgan fingerprint density at radius 1 is 1.11 bits per heavy atom. The first-order valence-electron chi connectivity index (χ1n) is 6.58. The summed E-state index contributed by atoms with van der Waals surface area (Å²) in [7, 11) is 0. The first-order valence-corrected chi connectivity index (χ1v) is 6.58. The first kappa shape index (κ1) is 15.0. The molecule has 1 aromatic carbocycles. The molecule has 0 aliphatic carbocycles. The zero-order valence-corrected chi connectivity index (χ0v) is 12.1. The molecule has 0 radical (unpaired) electrons. The van der Waals surface area contributed by atoms with Crippen LogP contribution in [0.2, 0.25) is 0 Å². The molecule has 0 amide bonds. The lowest BCUT2D eigenvalue weighted by Crippen LogP contribution is -1.85. The summed E-state index contributed by atoms with van der Waals surface area (Å²) in [5.74, 6) is 0. The number of rotatable bonds is 5. The maximum atomic E-state index is 3.88. The van der Waals surface area contributed by atoms with Crippen LogP contribution in [0.1, 0.15) is 26.3 Å². The van der Waals surface area contributed by atoms with Crippen LogP contribution in [0.4, 0.5) is 0 Å². The zero-order chi connectivity index (χ0) is 14.1. The Hall–Kier alpha value is -2.08. The predicted octanol–water partition coefficient (Wildman–Crippen LogP) is 5.72. The van der Waals surface area contributed by atoms with E-state index in [1.165, 1.54) is 16.7 Å². The van der Waals surface area contributed by atoms with Crippen molar-refractivity contribution < 1.29 is 0 Å². The summed E-state index contributed by atoms with van der Waals surface area (Å²) in [4.78, 5) is 0. The molecule has 0 spiro atoms. The Labute approximate surface area is 117 Å². The fourth-order valence-corrected chi connectivity index (χ4v) is 1.84. The normalized spacial score (nSPS) is 13.9. The Morgan fingerprint density at radius 2 is 1.79 bits per heavy atom. The lowest BCUT2D eigenvalue weighted by Gasteiger charge is -2.06. The van der Waals surface area contributed by atoms with Crippen molar-refractivity contribution in [2.75, 3.05) is 0 Å². The molecule has 0 fully saturated rings. The second-order valence-electron chi connectivity index (χ2n) is 4.29. The van der Waals surface area contributed by atoms with Gasteiger partial charge < -0.3 is 0 Å². The summed E-state index contributed by atoms with van der Waals surface area (Å²) < 4.78 is 0. The molecule has 0 bridgehead atoms. The van der Waals surface area contributed by atoms with Crippen LogP contribution in [0.5, 0.6) is 0 Å². The summed E-state index contributed by atoms with van der Waals surface area (Å²) in [6.07, 6.45) is 12.4. The second kappa shape index (κ2) is 8.10. The Bertz CT molecular complexity index is 522. The summed E-state index contributed by atoms with van der Waals surface area (Å²) in [5, 5.41) is 0. The molecule has 0 saturated heterocycles. The molecule has 0 atom stereocenters. The van der Waals surface area contributed by atoms with Gasteiger partial charge in [-0.15, -0.1) is 0 Å². The molecule has 0 unspecified atom stereocenters. The van der Waals surface area contributed by atoms with E-state index in [0.717, 1.165) is 5.57 Å². The molecule has 98 valence electrons. The number of hydrogen-bond donors (Lipinski definition) is 0. The van der Waals surface area contributed by atoms with Gasteiger partial charge in [-0.2, -0.15) is 0 Å². The highest BCUT2D eigenvalue weighted by atomic mass is 14.0. The van der Waals surface area contributed by atoms with Gasteiger partial charge in [0.05, 0.1) is 0 Å². The van der Waals surface area contributed by atoms with Crippen LogP contribution in [-0.4, -0.2) is 0 Å². The van der Waals surface area contributed by atoms with Gasteiger partial charge in [-0.1, -0.05) is 73.4 Å². The van der Waals surface area contributed by atoms with Crippen LogP contribution < -0.4 is 0 Å². The van der Waals surface area contributed by atoms with Crippen molar-refractivity contribution in [3.8, 4) is 0 Å². The van der Waals surface area contributed by atoms with E-state index in [1.807, 2.05) is 31.2 Å². The van der Waals surface area contributed by atoms with E-state index in [9.17, 15) is 0 Å². The minimum Gasteiger partial charge on any atom is -0.0985 e. The standard InChI is InChI=1S/C19H22/c1-5-8-12-17(6-2)16(4)15-18(7-3)19-13-10-9-11-14-19/h5-15H,2H2,1,3-4H3. The molecule has 1 aromatic rings. The van der Waals surface area contributed by atoms with Crippen molar-refractivity contribution in [3.05, 3.63) is 90.1 Å². The molecule has 19 heavy (non-hydrogen) atoms. The van der Waals surface area contributed by atoms with Gasteiger partial charge in [0.15, 0.2) is 0 Å². The average molecular weight is 250 g/mol. The van der Waals surface area contributed by atoms with Crippen LogP contribution in [0.15, 0.2) is 84.5 Å². The van der Waals surface area contributed by atoms with Crippen molar-refractivity contribution in [2.45, 2.75) is 20.8 Å². The van der Waals surface area contributed by atoms with Crippen molar-refractivity contribution >= 4 is 5.57 Å². The maximum absolute atomic E-state index is 3.88. The topological polar surface area (TPSA) is 0 Å². The van der Waals surface area contributed by atoms with E-state index >= 15 is 0 Å². The van der Waals surface area contributed by atoms with Crippen LogP contribution in [0.3, 0.4) is 0 Å². The molecular weight excluding hydrogens is 228 g/mol. The minimum atomic E-state index is 1.15. The molecule has 0 saturated carbocycles. The van der Waals surface area contributed by atoms with Gasteiger partial charge in [0.1, 0.15) is 0 Å². The van der Waals surface area contributed by atoms with Crippen LogP contribution in [0.25, 0.3) is 5.57 Å². The fourth-order valence-electron chi connectivity index (χ4n) is 1.84. The SMILES string of the molecule is C=CC(=CC=CC)C(C)=CC(=CC)c1ccccc1. The van der Waals surface area contributed by atoms with Crippen molar-refractivity contribution in [3.63, 3.8) is 0 Å². The highest BCUT2D eigenvalue weighted by Crippen LogP contribution is 2.20. The predicted molar refractivity (Wildman–Crippen MR) is 86.9 cm³/mol. The molecule has 0 heteroatoms. The highest BCUT2D eigenvalue weighted by Gasteiger charge is 1.99. The van der Waals surface area contributed by atoms with Gasteiger partial charge in [-0.05, 0) is 43.1 Å². The summed E-state index contributed by atoms with van der Waals surface area (Å²) in [5.41, 5.74) is 4.82. The second-order valence-corrected chi connectivity index (χ2v) is 4.29. The molecule has 0 N–H and O–H groups in total. The van der Waals surface area contributed by atoms with Crippen LogP contribution in [-0.2, 0) is 0 Å². The Kier molecular flexibility index (Phi) is 6.38. The smallest absolute Gasteiger partial charge is 0.0187 e. The zero-order valence-electron chi connectivity index (χ0n) is 12.1. The van der Waals surface area contributed by atoms with Gasteiger partial charge in [-0.3, -0.25) is 0 Å². The van der Waals surface area contributed by atoms with E-state index in [1.54, 1.807) is 0 Å². The monoisotopic (exact) mass is 250 g/mol. The van der Waals surface area contributed by atoms with E-state index < -0.39 is 0 Å². The molecule has 0 nitrogen and oxygen atoms in total. The number of hydrogen-bond acceptors (Lipinski definition) is 0. The molecular formula is C19H22. The summed E-state index contributed by atoms with van der Waals surface area (Å²) >= 11 is 0. The van der Waals surface area contributed by atoms with E-state index in [2.05, 4.69) is 62.9 Å². The van der Waals surface area contributed by atoms with E-state index in [-0.39, 0.29) is 0 Å². The Balaban J connectivity index is 3.09. The van der Waals surface area contributed by atoms with Crippen LogP contribution >= 0.6 is 0 Å². The van der Waals surface area contributed by atoms with Crippen LogP contribution in [0, 0.1) is 0 Å². The van der Waals surface area contributed by atoms with Gasteiger partial charge in [0.2, 0.25) is 0 Å². The average Bonchev–Trinajstić information content (AvgIpc) is 2.46. The maximum Gasteiger partial charge on any atom is -0.0187 e.